The first-order valence-corrected chi connectivity index (χ1v) is 10.5. The average Bonchev–Trinajstić information content (AvgIpc) is 2.69. The van der Waals surface area contributed by atoms with Crippen LogP contribution in [-0.4, -0.2) is 41.4 Å². The minimum Gasteiger partial charge on any atom is -0.334 e. The van der Waals surface area contributed by atoms with Crippen LogP contribution in [0.15, 0.2) is 53.0 Å². The third-order valence-electron chi connectivity index (χ3n) is 5.14. The Morgan fingerprint density at radius 3 is 2.64 bits per heavy atom. The van der Waals surface area contributed by atoms with E-state index < -0.39 is 0 Å². The summed E-state index contributed by atoms with van der Waals surface area (Å²) >= 11 is 3.44. The van der Waals surface area contributed by atoms with Gasteiger partial charge in [-0.25, -0.2) is 4.79 Å². The number of nitrogens with one attached hydrogen (secondary N) is 1. The molecule has 1 N–H and O–H groups in total. The Hall–Kier alpha value is -2.34. The van der Waals surface area contributed by atoms with Gasteiger partial charge in [-0.15, -0.1) is 0 Å². The van der Waals surface area contributed by atoms with Crippen molar-refractivity contribution in [2.75, 3.05) is 25.0 Å². The first-order valence-electron chi connectivity index (χ1n) is 9.69. The number of carbonyl (C=O) groups excluding carboxylic acids is 2. The lowest BCUT2D eigenvalue weighted by Gasteiger charge is -2.36. The molecule has 0 aliphatic carbocycles. The van der Waals surface area contributed by atoms with Gasteiger partial charge in [0.15, 0.2) is 0 Å². The second kappa shape index (κ2) is 9.24. The summed E-state index contributed by atoms with van der Waals surface area (Å²) in [6.45, 7) is 5.35. The Labute approximate surface area is 174 Å². The normalized spacial score (nSPS) is 15.7. The van der Waals surface area contributed by atoms with Crippen molar-refractivity contribution in [1.29, 1.82) is 0 Å². The van der Waals surface area contributed by atoms with Crippen LogP contribution in [0.25, 0.3) is 0 Å². The molecular weight excluding hydrogens is 418 g/mol. The van der Waals surface area contributed by atoms with Crippen LogP contribution in [0.2, 0.25) is 0 Å². The number of hydrogen-bond donors (Lipinski definition) is 1. The van der Waals surface area contributed by atoms with Crippen LogP contribution < -0.4 is 5.32 Å². The maximum atomic E-state index is 13.0. The maximum Gasteiger partial charge on any atom is 0.322 e. The van der Waals surface area contributed by atoms with Gasteiger partial charge in [0.05, 0.1) is 11.7 Å². The highest BCUT2D eigenvalue weighted by Gasteiger charge is 2.29. The molecular formula is C22H26BrN3O2. The Kier molecular flexibility index (Phi) is 6.73. The summed E-state index contributed by atoms with van der Waals surface area (Å²) in [6, 6.07) is 15.5. The van der Waals surface area contributed by atoms with E-state index in [1.807, 2.05) is 48.2 Å². The average molecular weight is 444 g/mol. The number of nitrogens with zero attached hydrogens (tertiary/aromatic N) is 2. The Balaban J connectivity index is 1.69. The summed E-state index contributed by atoms with van der Waals surface area (Å²) in [7, 11) is 0. The standard InChI is InChI=1S/C22H26BrN3O2/c1-3-13-25(22(28)24-20-11-7-6-10-19(20)23)15-21(27)26-14-12-17-8-4-5-9-18(17)16(26)2/h4-11,16H,3,12-15H2,1-2H3,(H,24,28). The van der Waals surface area contributed by atoms with Crippen LogP contribution in [0.5, 0.6) is 0 Å². The molecule has 0 radical (unpaired) electrons. The number of amides is 3. The van der Waals surface area contributed by atoms with E-state index in [-0.39, 0.29) is 24.5 Å². The van der Waals surface area contributed by atoms with Gasteiger partial charge < -0.3 is 15.1 Å². The number of rotatable bonds is 5. The molecule has 0 spiro atoms. The SMILES string of the molecule is CCCN(CC(=O)N1CCc2ccccc2C1C)C(=O)Nc1ccccc1Br. The molecule has 1 atom stereocenters. The summed E-state index contributed by atoms with van der Waals surface area (Å²) in [5.41, 5.74) is 3.19. The van der Waals surface area contributed by atoms with E-state index in [4.69, 9.17) is 0 Å². The fourth-order valence-corrected chi connectivity index (χ4v) is 4.03. The van der Waals surface area contributed by atoms with E-state index in [2.05, 4.69) is 40.3 Å². The topological polar surface area (TPSA) is 52.7 Å². The molecule has 148 valence electrons. The highest BCUT2D eigenvalue weighted by Crippen LogP contribution is 2.29. The van der Waals surface area contributed by atoms with Crippen LogP contribution in [0.4, 0.5) is 10.5 Å². The van der Waals surface area contributed by atoms with E-state index >= 15 is 0 Å². The van der Waals surface area contributed by atoms with E-state index in [0.717, 1.165) is 17.3 Å². The van der Waals surface area contributed by atoms with Crippen molar-refractivity contribution in [2.45, 2.75) is 32.7 Å². The molecule has 2 aromatic carbocycles. The molecule has 1 heterocycles. The fourth-order valence-electron chi connectivity index (χ4n) is 3.65. The van der Waals surface area contributed by atoms with E-state index in [0.29, 0.717) is 18.8 Å². The molecule has 1 aliphatic rings. The molecule has 0 aromatic heterocycles. The number of halogens is 1. The molecule has 1 aliphatic heterocycles. The molecule has 28 heavy (non-hydrogen) atoms. The highest BCUT2D eigenvalue weighted by atomic mass is 79.9. The number of para-hydroxylation sites is 1. The number of fused-ring (bicyclic) bond motifs is 1. The van der Waals surface area contributed by atoms with Crippen molar-refractivity contribution in [1.82, 2.24) is 9.80 Å². The zero-order chi connectivity index (χ0) is 20.1. The van der Waals surface area contributed by atoms with E-state index in [9.17, 15) is 9.59 Å². The van der Waals surface area contributed by atoms with Crippen LogP contribution in [0, 0.1) is 0 Å². The number of carbonyl (C=O) groups is 2. The monoisotopic (exact) mass is 443 g/mol. The van der Waals surface area contributed by atoms with Gasteiger partial charge in [-0.2, -0.15) is 0 Å². The lowest BCUT2D eigenvalue weighted by atomic mass is 9.93. The lowest BCUT2D eigenvalue weighted by molar-refractivity contribution is -0.134. The molecule has 0 saturated heterocycles. The molecule has 3 amide bonds. The first-order chi connectivity index (χ1) is 13.5. The molecule has 6 heteroatoms. The number of benzene rings is 2. The van der Waals surface area contributed by atoms with Crippen molar-refractivity contribution in [3.05, 3.63) is 64.1 Å². The van der Waals surface area contributed by atoms with Gasteiger partial charge in [-0.05, 0) is 59.0 Å². The number of urea groups is 1. The third-order valence-corrected chi connectivity index (χ3v) is 5.83. The van der Waals surface area contributed by atoms with Crippen molar-refractivity contribution in [3.8, 4) is 0 Å². The smallest absolute Gasteiger partial charge is 0.322 e. The predicted octanol–water partition coefficient (Wildman–Crippen LogP) is 4.84. The van der Waals surface area contributed by atoms with Gasteiger partial charge in [0, 0.05) is 17.6 Å². The minimum absolute atomic E-state index is 0.0160. The summed E-state index contributed by atoms with van der Waals surface area (Å²) in [5, 5.41) is 2.90. The minimum atomic E-state index is -0.257. The number of hydrogen-bond acceptors (Lipinski definition) is 2. The van der Waals surface area contributed by atoms with Gasteiger partial charge in [0.1, 0.15) is 6.54 Å². The first kappa shape index (κ1) is 20.4. The van der Waals surface area contributed by atoms with Crippen molar-refractivity contribution in [2.24, 2.45) is 0 Å². The van der Waals surface area contributed by atoms with Gasteiger partial charge in [0.25, 0.3) is 0 Å². The summed E-state index contributed by atoms with van der Waals surface area (Å²) < 4.78 is 0.812. The van der Waals surface area contributed by atoms with Gasteiger partial charge in [-0.1, -0.05) is 43.3 Å². The van der Waals surface area contributed by atoms with Crippen LogP contribution in [0.3, 0.4) is 0 Å². The molecule has 3 rings (SSSR count). The third kappa shape index (κ3) is 4.55. The van der Waals surface area contributed by atoms with Crippen LogP contribution in [0.1, 0.15) is 37.4 Å². The molecule has 0 fully saturated rings. The molecule has 0 bridgehead atoms. The second-order valence-electron chi connectivity index (χ2n) is 7.04. The Morgan fingerprint density at radius 2 is 1.89 bits per heavy atom. The molecule has 0 saturated carbocycles. The summed E-state index contributed by atoms with van der Waals surface area (Å²) in [4.78, 5) is 29.3. The lowest BCUT2D eigenvalue weighted by Crippen LogP contribution is -2.47. The van der Waals surface area contributed by atoms with Gasteiger partial charge in [-0.3, -0.25) is 4.79 Å². The zero-order valence-electron chi connectivity index (χ0n) is 16.3. The number of anilines is 1. The van der Waals surface area contributed by atoms with Crippen molar-refractivity contribution >= 4 is 33.6 Å². The van der Waals surface area contributed by atoms with Crippen molar-refractivity contribution in [3.63, 3.8) is 0 Å². The van der Waals surface area contributed by atoms with Crippen LogP contribution in [-0.2, 0) is 11.2 Å². The van der Waals surface area contributed by atoms with Crippen LogP contribution >= 0.6 is 15.9 Å². The van der Waals surface area contributed by atoms with Gasteiger partial charge >= 0.3 is 6.03 Å². The Bertz CT molecular complexity index is 855. The van der Waals surface area contributed by atoms with E-state index in [1.165, 1.54) is 11.1 Å². The molecule has 1 unspecified atom stereocenters. The second-order valence-corrected chi connectivity index (χ2v) is 7.90. The highest BCUT2D eigenvalue weighted by molar-refractivity contribution is 9.10. The summed E-state index contributed by atoms with van der Waals surface area (Å²) in [6.07, 6.45) is 1.64. The molecule has 2 aromatic rings. The molecule has 5 nitrogen and oxygen atoms in total. The quantitative estimate of drug-likeness (QED) is 0.718. The van der Waals surface area contributed by atoms with E-state index in [1.54, 1.807) is 4.90 Å². The zero-order valence-corrected chi connectivity index (χ0v) is 17.9. The Morgan fingerprint density at radius 1 is 1.18 bits per heavy atom. The van der Waals surface area contributed by atoms with Gasteiger partial charge in [0.2, 0.25) is 5.91 Å². The fraction of sp³-hybridized carbons (Fsp3) is 0.364. The predicted molar refractivity (Wildman–Crippen MR) is 115 cm³/mol. The maximum absolute atomic E-state index is 13.0. The largest absolute Gasteiger partial charge is 0.334 e. The summed E-state index contributed by atoms with van der Waals surface area (Å²) in [5.74, 6) is -0.0160. The van der Waals surface area contributed by atoms with Crippen molar-refractivity contribution < 1.29 is 9.59 Å².